The first-order chi connectivity index (χ1) is 10.1. The normalized spacial score (nSPS) is 11.9. The molecule has 0 aromatic heterocycles. The monoisotopic (exact) mass is 345 g/mol. The number of amides is 1. The molecule has 0 radical (unpaired) electrons. The summed E-state index contributed by atoms with van der Waals surface area (Å²) in [6.07, 6.45) is 2.18. The van der Waals surface area contributed by atoms with Crippen LogP contribution in [-0.2, 0) is 17.6 Å². The molecular formula is C18H20BrNO. The summed E-state index contributed by atoms with van der Waals surface area (Å²) in [5.41, 5.74) is 2.43. The first kappa shape index (κ1) is 15.8. The molecule has 0 aliphatic heterocycles. The number of carbonyl (C=O) groups is 1. The molecule has 1 atom stereocenters. The lowest BCUT2D eigenvalue weighted by Crippen LogP contribution is -2.34. The molecule has 0 saturated carbocycles. The minimum atomic E-state index is 0.114. The van der Waals surface area contributed by atoms with Gasteiger partial charge in [-0.05, 0) is 43.0 Å². The molecule has 2 aromatic rings. The molecule has 1 amide bonds. The summed E-state index contributed by atoms with van der Waals surface area (Å²) in [5, 5.41) is 3.06. The van der Waals surface area contributed by atoms with Crippen LogP contribution in [0.15, 0.2) is 59.1 Å². The van der Waals surface area contributed by atoms with Crippen molar-refractivity contribution in [2.45, 2.75) is 32.2 Å². The fourth-order valence-electron chi connectivity index (χ4n) is 2.27. The second-order valence-electron chi connectivity index (χ2n) is 5.28. The van der Waals surface area contributed by atoms with Crippen LogP contribution in [0, 0.1) is 0 Å². The van der Waals surface area contributed by atoms with Crippen LogP contribution in [0.2, 0.25) is 0 Å². The van der Waals surface area contributed by atoms with E-state index in [2.05, 4.69) is 45.5 Å². The predicted molar refractivity (Wildman–Crippen MR) is 90.2 cm³/mol. The van der Waals surface area contributed by atoms with Crippen molar-refractivity contribution in [2.24, 2.45) is 0 Å². The summed E-state index contributed by atoms with van der Waals surface area (Å²) >= 11 is 3.42. The number of carbonyl (C=O) groups excluding carboxylic acids is 1. The van der Waals surface area contributed by atoms with E-state index in [0.717, 1.165) is 17.3 Å². The van der Waals surface area contributed by atoms with Gasteiger partial charge in [0.15, 0.2) is 0 Å². The molecule has 2 nitrogen and oxygen atoms in total. The SMILES string of the molecule is C[C@@H](Cc1ccc(Br)cc1)NC(=O)CCc1ccccc1. The van der Waals surface area contributed by atoms with Gasteiger partial charge in [-0.25, -0.2) is 0 Å². The highest BCUT2D eigenvalue weighted by atomic mass is 79.9. The highest BCUT2D eigenvalue weighted by molar-refractivity contribution is 9.10. The van der Waals surface area contributed by atoms with Gasteiger partial charge in [-0.1, -0.05) is 58.4 Å². The van der Waals surface area contributed by atoms with E-state index in [1.54, 1.807) is 0 Å². The Bertz CT molecular complexity index is 566. The molecule has 2 rings (SSSR count). The topological polar surface area (TPSA) is 29.1 Å². The van der Waals surface area contributed by atoms with Crippen LogP contribution in [0.25, 0.3) is 0 Å². The van der Waals surface area contributed by atoms with Crippen LogP contribution >= 0.6 is 15.9 Å². The lowest BCUT2D eigenvalue weighted by Gasteiger charge is -2.14. The van der Waals surface area contributed by atoms with E-state index in [4.69, 9.17) is 0 Å². The highest BCUT2D eigenvalue weighted by Crippen LogP contribution is 2.12. The van der Waals surface area contributed by atoms with Gasteiger partial charge < -0.3 is 5.32 Å². The molecule has 0 aliphatic carbocycles. The van der Waals surface area contributed by atoms with Gasteiger partial charge in [0, 0.05) is 16.9 Å². The maximum Gasteiger partial charge on any atom is 0.220 e. The summed E-state index contributed by atoms with van der Waals surface area (Å²) in [5.74, 6) is 0.114. The number of rotatable bonds is 6. The van der Waals surface area contributed by atoms with Crippen molar-refractivity contribution in [3.05, 3.63) is 70.2 Å². The standard InChI is InChI=1S/C18H20BrNO/c1-14(13-16-7-10-17(19)11-8-16)20-18(21)12-9-15-5-3-2-4-6-15/h2-8,10-11,14H,9,12-13H2,1H3,(H,20,21)/t14-/m0/s1. The zero-order chi connectivity index (χ0) is 15.1. The largest absolute Gasteiger partial charge is 0.353 e. The van der Waals surface area contributed by atoms with Crippen LogP contribution in [0.3, 0.4) is 0 Å². The van der Waals surface area contributed by atoms with Gasteiger partial charge in [-0.3, -0.25) is 4.79 Å². The minimum absolute atomic E-state index is 0.114. The van der Waals surface area contributed by atoms with Crippen LogP contribution in [0.4, 0.5) is 0 Å². The minimum Gasteiger partial charge on any atom is -0.353 e. The van der Waals surface area contributed by atoms with E-state index in [1.807, 2.05) is 37.3 Å². The molecule has 1 N–H and O–H groups in total. The summed E-state index contributed by atoms with van der Waals surface area (Å²) in [7, 11) is 0. The highest BCUT2D eigenvalue weighted by Gasteiger charge is 2.08. The molecular weight excluding hydrogens is 326 g/mol. The fourth-order valence-corrected chi connectivity index (χ4v) is 2.54. The Morgan fingerprint density at radius 3 is 2.38 bits per heavy atom. The van der Waals surface area contributed by atoms with E-state index in [9.17, 15) is 4.79 Å². The molecule has 2 aromatic carbocycles. The first-order valence-electron chi connectivity index (χ1n) is 7.21. The van der Waals surface area contributed by atoms with Gasteiger partial charge in [-0.15, -0.1) is 0 Å². The molecule has 0 heterocycles. The number of halogens is 1. The van der Waals surface area contributed by atoms with Gasteiger partial charge in [-0.2, -0.15) is 0 Å². The van der Waals surface area contributed by atoms with Crippen LogP contribution < -0.4 is 5.32 Å². The first-order valence-corrected chi connectivity index (χ1v) is 8.00. The average Bonchev–Trinajstić information content (AvgIpc) is 2.48. The number of aryl methyl sites for hydroxylation is 1. The second-order valence-corrected chi connectivity index (χ2v) is 6.20. The van der Waals surface area contributed by atoms with Crippen LogP contribution in [0.1, 0.15) is 24.5 Å². The Balaban J connectivity index is 1.75. The smallest absolute Gasteiger partial charge is 0.220 e. The van der Waals surface area contributed by atoms with Gasteiger partial charge in [0.25, 0.3) is 0 Å². The van der Waals surface area contributed by atoms with Crippen molar-refractivity contribution in [1.29, 1.82) is 0 Å². The number of hydrogen-bond donors (Lipinski definition) is 1. The Morgan fingerprint density at radius 1 is 1.05 bits per heavy atom. The number of nitrogens with one attached hydrogen (secondary N) is 1. The summed E-state index contributed by atoms with van der Waals surface area (Å²) in [6, 6.07) is 18.5. The summed E-state index contributed by atoms with van der Waals surface area (Å²) in [4.78, 5) is 12.0. The third-order valence-electron chi connectivity index (χ3n) is 3.35. The predicted octanol–water partition coefficient (Wildman–Crippen LogP) is 4.13. The Kier molecular flexibility index (Phi) is 6.00. The number of benzene rings is 2. The van der Waals surface area contributed by atoms with E-state index < -0.39 is 0 Å². The maximum atomic E-state index is 12.0. The van der Waals surface area contributed by atoms with E-state index in [1.165, 1.54) is 11.1 Å². The van der Waals surface area contributed by atoms with Gasteiger partial charge >= 0.3 is 0 Å². The molecule has 110 valence electrons. The van der Waals surface area contributed by atoms with Gasteiger partial charge in [0.1, 0.15) is 0 Å². The quantitative estimate of drug-likeness (QED) is 0.837. The molecule has 0 fully saturated rings. The Hall–Kier alpha value is -1.61. The molecule has 3 heteroatoms. The van der Waals surface area contributed by atoms with Crippen molar-refractivity contribution in [2.75, 3.05) is 0 Å². The fraction of sp³-hybridized carbons (Fsp3) is 0.278. The zero-order valence-electron chi connectivity index (χ0n) is 12.2. The molecule has 21 heavy (non-hydrogen) atoms. The zero-order valence-corrected chi connectivity index (χ0v) is 13.8. The lowest BCUT2D eigenvalue weighted by atomic mass is 10.1. The molecule has 0 spiro atoms. The molecule has 0 saturated heterocycles. The molecule has 0 aliphatic rings. The average molecular weight is 346 g/mol. The third kappa shape index (κ3) is 5.72. The van der Waals surface area contributed by atoms with Gasteiger partial charge in [0.05, 0.1) is 0 Å². The van der Waals surface area contributed by atoms with Gasteiger partial charge in [0.2, 0.25) is 5.91 Å². The molecule has 0 unspecified atom stereocenters. The van der Waals surface area contributed by atoms with E-state index in [0.29, 0.717) is 6.42 Å². The summed E-state index contributed by atoms with van der Waals surface area (Å²) in [6.45, 7) is 2.04. The van der Waals surface area contributed by atoms with Crippen LogP contribution in [0.5, 0.6) is 0 Å². The van der Waals surface area contributed by atoms with E-state index in [-0.39, 0.29) is 11.9 Å². The van der Waals surface area contributed by atoms with Crippen molar-refractivity contribution in [3.8, 4) is 0 Å². The second kappa shape index (κ2) is 7.99. The maximum absolute atomic E-state index is 12.0. The van der Waals surface area contributed by atoms with Crippen LogP contribution in [-0.4, -0.2) is 11.9 Å². The molecule has 0 bridgehead atoms. The van der Waals surface area contributed by atoms with Crippen molar-refractivity contribution < 1.29 is 4.79 Å². The van der Waals surface area contributed by atoms with Crippen molar-refractivity contribution in [1.82, 2.24) is 5.32 Å². The van der Waals surface area contributed by atoms with Crippen molar-refractivity contribution >= 4 is 21.8 Å². The van der Waals surface area contributed by atoms with E-state index >= 15 is 0 Å². The van der Waals surface area contributed by atoms with Crippen molar-refractivity contribution in [3.63, 3.8) is 0 Å². The number of hydrogen-bond acceptors (Lipinski definition) is 1. The third-order valence-corrected chi connectivity index (χ3v) is 3.87. The summed E-state index contributed by atoms with van der Waals surface area (Å²) < 4.78 is 1.07. The Morgan fingerprint density at radius 2 is 1.71 bits per heavy atom. The lowest BCUT2D eigenvalue weighted by molar-refractivity contribution is -0.121. The Labute approximate surface area is 134 Å².